The molecule has 7 nitrogen and oxygen atoms in total. The lowest BCUT2D eigenvalue weighted by molar-refractivity contribution is 0.122. The molecule has 30 heavy (non-hydrogen) atoms. The third-order valence-corrected chi connectivity index (χ3v) is 4.28. The van der Waals surface area contributed by atoms with Crippen LogP contribution in [0.1, 0.15) is 26.3 Å². The Morgan fingerprint density at radius 2 is 1.93 bits per heavy atom. The number of benzene rings is 1. The second-order valence-electron chi connectivity index (χ2n) is 6.21. The van der Waals surface area contributed by atoms with Gasteiger partial charge in [0.05, 0.1) is 25.5 Å². The number of amidine groups is 1. The van der Waals surface area contributed by atoms with Gasteiger partial charge in [-0.15, -0.1) is 0 Å². The molecule has 2 aromatic rings. The van der Waals surface area contributed by atoms with Crippen molar-refractivity contribution in [2.24, 2.45) is 10.7 Å². The van der Waals surface area contributed by atoms with Crippen molar-refractivity contribution in [3.8, 4) is 5.75 Å². The smallest absolute Gasteiger partial charge is 0.130 e. The minimum absolute atomic E-state index is 0.325. The number of nitrogens with zero attached hydrogens (tertiary/aromatic N) is 3. The molecule has 1 aromatic heterocycles. The first-order valence-electron chi connectivity index (χ1n) is 10.3. The molecule has 1 saturated heterocycles. The van der Waals surface area contributed by atoms with E-state index in [0.717, 1.165) is 35.9 Å². The van der Waals surface area contributed by atoms with Gasteiger partial charge in [0, 0.05) is 37.1 Å². The van der Waals surface area contributed by atoms with E-state index in [2.05, 4.69) is 14.9 Å². The van der Waals surface area contributed by atoms with Gasteiger partial charge in [-0.05, 0) is 36.8 Å². The van der Waals surface area contributed by atoms with E-state index in [1.807, 2.05) is 57.2 Å². The molecule has 0 aliphatic carbocycles. The molecule has 0 amide bonds. The molecule has 2 heterocycles. The van der Waals surface area contributed by atoms with Crippen LogP contribution in [0.5, 0.6) is 5.75 Å². The Morgan fingerprint density at radius 1 is 1.23 bits per heavy atom. The van der Waals surface area contributed by atoms with Crippen LogP contribution < -0.4 is 15.4 Å². The van der Waals surface area contributed by atoms with Crippen LogP contribution in [0, 0.1) is 5.41 Å². The standard InChI is InChI=1S/C21H25N5O2.C2H6/c1-2-28-19-5-3-16(4-6-19)17(15-22)13-20(23)25-18-7-8-24-21(14-18)26-9-11-27-12-10-26;1-2/h3-8,13-15,22H,2,9-12H2,1H3,(H2,23,24,25);1-2H3/b17-13+,22-15?;. The van der Waals surface area contributed by atoms with Crippen LogP contribution in [0.3, 0.4) is 0 Å². The summed E-state index contributed by atoms with van der Waals surface area (Å²) in [5.41, 5.74) is 8.39. The Morgan fingerprint density at radius 3 is 2.57 bits per heavy atom. The van der Waals surface area contributed by atoms with Gasteiger partial charge in [0.15, 0.2) is 0 Å². The number of ether oxygens (including phenoxy) is 2. The number of nitrogens with two attached hydrogens (primary N) is 1. The maximum Gasteiger partial charge on any atom is 0.130 e. The molecule has 3 N–H and O–H groups in total. The molecule has 0 radical (unpaired) electrons. The van der Waals surface area contributed by atoms with E-state index in [9.17, 15) is 0 Å². The van der Waals surface area contributed by atoms with Gasteiger partial charge in [-0.3, -0.25) is 0 Å². The van der Waals surface area contributed by atoms with Crippen molar-refractivity contribution >= 4 is 29.1 Å². The second-order valence-corrected chi connectivity index (χ2v) is 6.21. The summed E-state index contributed by atoms with van der Waals surface area (Å²) < 4.78 is 10.8. The van der Waals surface area contributed by atoms with Crippen LogP contribution in [0.4, 0.5) is 11.5 Å². The summed E-state index contributed by atoms with van der Waals surface area (Å²) >= 11 is 0. The van der Waals surface area contributed by atoms with E-state index >= 15 is 0 Å². The first-order valence-corrected chi connectivity index (χ1v) is 10.3. The molecule has 0 saturated carbocycles. The highest BCUT2D eigenvalue weighted by molar-refractivity contribution is 6.16. The molecule has 1 aliphatic rings. The van der Waals surface area contributed by atoms with E-state index in [1.54, 1.807) is 12.3 Å². The monoisotopic (exact) mass is 409 g/mol. The lowest BCUT2D eigenvalue weighted by Crippen LogP contribution is -2.36. The number of rotatable bonds is 7. The highest BCUT2D eigenvalue weighted by Gasteiger charge is 2.12. The molecular weight excluding hydrogens is 378 g/mol. The number of morpholine rings is 1. The molecule has 0 bridgehead atoms. The summed E-state index contributed by atoms with van der Waals surface area (Å²) in [7, 11) is 0. The molecular formula is C23H31N5O2. The molecule has 0 spiro atoms. The maximum absolute atomic E-state index is 7.71. The van der Waals surface area contributed by atoms with Crippen LogP contribution in [-0.4, -0.2) is 49.9 Å². The Bertz CT molecular complexity index is 856. The maximum atomic E-state index is 7.71. The van der Waals surface area contributed by atoms with Gasteiger partial charge in [0.2, 0.25) is 0 Å². The summed E-state index contributed by atoms with van der Waals surface area (Å²) in [5.74, 6) is 1.98. The molecule has 1 aliphatic heterocycles. The van der Waals surface area contributed by atoms with Gasteiger partial charge in [-0.25, -0.2) is 9.98 Å². The average molecular weight is 410 g/mol. The Balaban J connectivity index is 0.00000155. The summed E-state index contributed by atoms with van der Waals surface area (Å²) in [6.45, 7) is 9.58. The number of hydrogen-bond acceptors (Lipinski definition) is 6. The van der Waals surface area contributed by atoms with Crippen LogP contribution >= 0.6 is 0 Å². The zero-order valence-corrected chi connectivity index (χ0v) is 18.0. The SMILES string of the molecule is CC.CCOc1ccc(/C(C=N)=C/C(N)=Nc2ccnc(N3CCOCC3)c2)cc1. The zero-order valence-electron chi connectivity index (χ0n) is 18.0. The van der Waals surface area contributed by atoms with E-state index in [-0.39, 0.29) is 0 Å². The highest BCUT2D eigenvalue weighted by atomic mass is 16.5. The van der Waals surface area contributed by atoms with E-state index < -0.39 is 0 Å². The zero-order chi connectivity index (χ0) is 21.8. The largest absolute Gasteiger partial charge is 0.494 e. The van der Waals surface area contributed by atoms with Crippen molar-refractivity contribution in [3.63, 3.8) is 0 Å². The van der Waals surface area contributed by atoms with Crippen LogP contribution in [0.15, 0.2) is 53.7 Å². The van der Waals surface area contributed by atoms with E-state index in [1.165, 1.54) is 6.21 Å². The predicted octanol–water partition coefficient (Wildman–Crippen LogP) is 4.06. The Labute approximate surface area is 178 Å². The fourth-order valence-corrected chi connectivity index (χ4v) is 2.90. The van der Waals surface area contributed by atoms with Gasteiger partial charge < -0.3 is 25.5 Å². The van der Waals surface area contributed by atoms with Crippen molar-refractivity contribution in [3.05, 3.63) is 54.2 Å². The predicted molar refractivity (Wildman–Crippen MR) is 124 cm³/mol. The molecule has 1 fully saturated rings. The topological polar surface area (TPSA) is 96.8 Å². The van der Waals surface area contributed by atoms with Crippen molar-refractivity contribution in [1.29, 1.82) is 5.41 Å². The third kappa shape index (κ3) is 6.70. The number of pyridine rings is 1. The average Bonchev–Trinajstić information content (AvgIpc) is 2.80. The molecule has 160 valence electrons. The van der Waals surface area contributed by atoms with Gasteiger partial charge in [-0.2, -0.15) is 0 Å². The van der Waals surface area contributed by atoms with Gasteiger partial charge in [0.25, 0.3) is 0 Å². The molecule has 0 atom stereocenters. The van der Waals surface area contributed by atoms with Crippen molar-refractivity contribution < 1.29 is 9.47 Å². The summed E-state index contributed by atoms with van der Waals surface area (Å²) in [6.07, 6.45) is 4.69. The van der Waals surface area contributed by atoms with E-state index in [4.69, 9.17) is 20.6 Å². The summed E-state index contributed by atoms with van der Waals surface area (Å²) in [5, 5.41) is 7.71. The molecule has 1 aromatic carbocycles. The van der Waals surface area contributed by atoms with Crippen molar-refractivity contribution in [1.82, 2.24) is 4.98 Å². The minimum atomic E-state index is 0.325. The first kappa shape index (κ1) is 23.1. The molecule has 7 heteroatoms. The first-order chi connectivity index (χ1) is 14.7. The minimum Gasteiger partial charge on any atom is -0.494 e. The van der Waals surface area contributed by atoms with Crippen molar-refractivity contribution in [2.75, 3.05) is 37.8 Å². The Hall–Kier alpha value is -3.19. The lowest BCUT2D eigenvalue weighted by atomic mass is 10.1. The fourth-order valence-electron chi connectivity index (χ4n) is 2.90. The number of aliphatic imine (C=N–C) groups is 1. The van der Waals surface area contributed by atoms with Gasteiger partial charge in [0.1, 0.15) is 17.4 Å². The highest BCUT2D eigenvalue weighted by Crippen LogP contribution is 2.21. The number of nitrogens with one attached hydrogen (secondary N) is 1. The van der Waals surface area contributed by atoms with Crippen LogP contribution in [0.25, 0.3) is 5.57 Å². The van der Waals surface area contributed by atoms with Crippen LogP contribution in [-0.2, 0) is 4.74 Å². The summed E-state index contributed by atoms with van der Waals surface area (Å²) in [4.78, 5) is 11.0. The number of hydrogen-bond donors (Lipinski definition) is 2. The second kappa shape index (κ2) is 12.4. The van der Waals surface area contributed by atoms with Gasteiger partial charge >= 0.3 is 0 Å². The fraction of sp³-hybridized carbons (Fsp3) is 0.348. The quantitative estimate of drug-likeness (QED) is 0.531. The lowest BCUT2D eigenvalue weighted by Gasteiger charge is -2.27. The van der Waals surface area contributed by atoms with Crippen LogP contribution in [0.2, 0.25) is 0 Å². The van der Waals surface area contributed by atoms with Gasteiger partial charge in [-0.1, -0.05) is 26.0 Å². The molecule has 3 rings (SSSR count). The molecule has 0 unspecified atom stereocenters. The Kier molecular flexibility index (Phi) is 9.54. The third-order valence-electron chi connectivity index (χ3n) is 4.28. The number of anilines is 1. The normalized spacial score (nSPS) is 14.6. The van der Waals surface area contributed by atoms with Crippen molar-refractivity contribution in [2.45, 2.75) is 20.8 Å². The number of aromatic nitrogens is 1. The summed E-state index contributed by atoms with van der Waals surface area (Å²) in [6, 6.07) is 11.3. The number of allylic oxidation sites excluding steroid dienone is 1. The van der Waals surface area contributed by atoms with E-state index in [0.29, 0.717) is 31.2 Å².